The average molecular weight is 276 g/mol. The zero-order chi connectivity index (χ0) is 11.5. The van der Waals surface area contributed by atoms with E-state index in [1.807, 2.05) is 0 Å². The highest BCUT2D eigenvalue weighted by Gasteiger charge is 2.19. The molecule has 0 saturated heterocycles. The molecule has 0 aromatic carbocycles. The lowest BCUT2D eigenvalue weighted by molar-refractivity contribution is 0.708. The molecular formula is C12H10BrN3. The van der Waals surface area contributed by atoms with Gasteiger partial charge in [0.15, 0.2) is 0 Å². The first-order chi connectivity index (χ1) is 7.77. The second-order valence-corrected chi connectivity index (χ2v) is 4.61. The first kappa shape index (κ1) is 11.1. The van der Waals surface area contributed by atoms with Gasteiger partial charge in [0.05, 0.1) is 5.56 Å². The zero-order valence-electron chi connectivity index (χ0n) is 8.76. The number of nitriles is 2. The molecule has 0 bridgehead atoms. The Morgan fingerprint density at radius 2 is 1.69 bits per heavy atom. The average Bonchev–Trinajstić information content (AvgIpc) is 2.52. The topological polar surface area (TPSA) is 60.5 Å². The second-order valence-electron chi connectivity index (χ2n) is 3.86. The van der Waals surface area contributed by atoms with Crippen molar-refractivity contribution < 1.29 is 0 Å². The highest BCUT2D eigenvalue weighted by molar-refractivity contribution is 9.10. The SMILES string of the molecule is N#Cc1c(Br)nc2c(c1C#N)CCCCC2. The molecule has 0 aliphatic heterocycles. The number of nitrogens with zero attached hydrogens (tertiary/aromatic N) is 3. The molecule has 80 valence electrons. The first-order valence-corrected chi connectivity index (χ1v) is 6.08. The van der Waals surface area contributed by atoms with Crippen LogP contribution in [-0.4, -0.2) is 4.98 Å². The van der Waals surface area contributed by atoms with Gasteiger partial charge in [-0.05, 0) is 47.2 Å². The van der Waals surface area contributed by atoms with Crippen molar-refractivity contribution in [1.29, 1.82) is 10.5 Å². The van der Waals surface area contributed by atoms with Gasteiger partial charge in [-0.25, -0.2) is 4.98 Å². The van der Waals surface area contributed by atoms with E-state index in [-0.39, 0.29) is 0 Å². The number of hydrogen-bond acceptors (Lipinski definition) is 3. The molecule has 0 saturated carbocycles. The van der Waals surface area contributed by atoms with Crippen LogP contribution in [0.3, 0.4) is 0 Å². The summed E-state index contributed by atoms with van der Waals surface area (Å²) in [5.74, 6) is 0. The summed E-state index contributed by atoms with van der Waals surface area (Å²) in [4.78, 5) is 4.40. The third-order valence-electron chi connectivity index (χ3n) is 2.90. The highest BCUT2D eigenvalue weighted by Crippen LogP contribution is 2.28. The molecule has 1 aromatic rings. The molecule has 0 spiro atoms. The van der Waals surface area contributed by atoms with Gasteiger partial charge in [-0.3, -0.25) is 0 Å². The van der Waals surface area contributed by atoms with Crippen molar-refractivity contribution in [2.75, 3.05) is 0 Å². The van der Waals surface area contributed by atoms with E-state index in [0.717, 1.165) is 36.9 Å². The molecule has 4 heteroatoms. The summed E-state index contributed by atoms with van der Waals surface area (Å²) in [5, 5.41) is 18.2. The first-order valence-electron chi connectivity index (χ1n) is 5.29. The molecule has 0 unspecified atom stereocenters. The molecule has 0 N–H and O–H groups in total. The number of hydrogen-bond donors (Lipinski definition) is 0. The van der Waals surface area contributed by atoms with Crippen LogP contribution in [0.25, 0.3) is 0 Å². The summed E-state index contributed by atoms with van der Waals surface area (Å²) in [5.41, 5.74) is 2.86. The number of rotatable bonds is 0. The van der Waals surface area contributed by atoms with Gasteiger partial charge in [0.1, 0.15) is 22.3 Å². The quantitative estimate of drug-likeness (QED) is 0.540. The molecule has 0 radical (unpaired) electrons. The fourth-order valence-corrected chi connectivity index (χ4v) is 2.61. The van der Waals surface area contributed by atoms with Gasteiger partial charge in [-0.2, -0.15) is 10.5 Å². The van der Waals surface area contributed by atoms with Crippen LogP contribution in [0.2, 0.25) is 0 Å². The normalized spacial score (nSPS) is 14.4. The highest BCUT2D eigenvalue weighted by atomic mass is 79.9. The Morgan fingerprint density at radius 3 is 2.38 bits per heavy atom. The maximum atomic E-state index is 9.17. The minimum Gasteiger partial charge on any atom is -0.244 e. The Balaban J connectivity index is 2.69. The zero-order valence-corrected chi connectivity index (χ0v) is 10.3. The predicted molar refractivity (Wildman–Crippen MR) is 62.6 cm³/mol. The molecule has 1 aliphatic rings. The summed E-state index contributed by atoms with van der Waals surface area (Å²) in [6.07, 6.45) is 5.14. The summed E-state index contributed by atoms with van der Waals surface area (Å²) in [6, 6.07) is 4.20. The third kappa shape index (κ3) is 1.81. The minimum absolute atomic E-state index is 0.378. The van der Waals surface area contributed by atoms with Crippen LogP contribution in [-0.2, 0) is 12.8 Å². The molecular weight excluding hydrogens is 266 g/mol. The van der Waals surface area contributed by atoms with E-state index in [9.17, 15) is 5.26 Å². The van der Waals surface area contributed by atoms with Crippen molar-refractivity contribution in [3.8, 4) is 12.1 Å². The minimum atomic E-state index is 0.378. The van der Waals surface area contributed by atoms with Gasteiger partial charge >= 0.3 is 0 Å². The lowest BCUT2D eigenvalue weighted by Crippen LogP contribution is -2.03. The van der Waals surface area contributed by atoms with E-state index < -0.39 is 0 Å². The van der Waals surface area contributed by atoms with Crippen molar-refractivity contribution >= 4 is 15.9 Å². The van der Waals surface area contributed by atoms with Crippen molar-refractivity contribution in [3.05, 3.63) is 27.0 Å². The molecule has 0 fully saturated rings. The molecule has 3 nitrogen and oxygen atoms in total. The van der Waals surface area contributed by atoms with Crippen molar-refractivity contribution in [3.63, 3.8) is 0 Å². The Bertz CT molecular complexity index is 508. The van der Waals surface area contributed by atoms with Crippen LogP contribution < -0.4 is 0 Å². The maximum absolute atomic E-state index is 9.17. The number of halogens is 1. The lowest BCUT2D eigenvalue weighted by atomic mass is 9.99. The van der Waals surface area contributed by atoms with E-state index in [0.29, 0.717) is 15.7 Å². The van der Waals surface area contributed by atoms with E-state index in [1.165, 1.54) is 6.42 Å². The summed E-state index contributed by atoms with van der Waals surface area (Å²) in [6.45, 7) is 0. The van der Waals surface area contributed by atoms with Crippen LogP contribution in [0.15, 0.2) is 4.60 Å². The Labute approximate surface area is 103 Å². The van der Waals surface area contributed by atoms with E-state index in [4.69, 9.17) is 5.26 Å². The Kier molecular flexibility index (Phi) is 3.22. The molecule has 2 rings (SSSR count). The smallest absolute Gasteiger partial charge is 0.125 e. The summed E-state index contributed by atoms with van der Waals surface area (Å²) >= 11 is 3.27. The van der Waals surface area contributed by atoms with E-state index >= 15 is 0 Å². The Morgan fingerprint density at radius 1 is 1.00 bits per heavy atom. The van der Waals surface area contributed by atoms with Gasteiger partial charge in [-0.15, -0.1) is 0 Å². The van der Waals surface area contributed by atoms with Gasteiger partial charge in [0.2, 0.25) is 0 Å². The number of pyridine rings is 1. The van der Waals surface area contributed by atoms with Crippen LogP contribution in [0.1, 0.15) is 41.6 Å². The van der Waals surface area contributed by atoms with E-state index in [1.54, 1.807) is 0 Å². The fourth-order valence-electron chi connectivity index (χ4n) is 2.11. The molecule has 1 heterocycles. The predicted octanol–water partition coefficient (Wildman–Crippen LogP) is 2.86. The van der Waals surface area contributed by atoms with Gasteiger partial charge < -0.3 is 0 Å². The number of aryl methyl sites for hydroxylation is 1. The van der Waals surface area contributed by atoms with Crippen molar-refractivity contribution in [2.24, 2.45) is 0 Å². The third-order valence-corrected chi connectivity index (χ3v) is 3.48. The van der Waals surface area contributed by atoms with Crippen LogP contribution in [0.4, 0.5) is 0 Å². The van der Waals surface area contributed by atoms with Crippen molar-refractivity contribution in [2.45, 2.75) is 32.1 Å². The standard InChI is InChI=1S/C12H10BrN3/c13-12-10(7-15)9(6-14)8-4-2-1-3-5-11(8)16-12/h1-5H2. The number of aromatic nitrogens is 1. The van der Waals surface area contributed by atoms with Gasteiger partial charge in [0, 0.05) is 5.69 Å². The second kappa shape index (κ2) is 4.63. The summed E-state index contributed by atoms with van der Waals surface area (Å²) < 4.78 is 0.507. The molecule has 0 atom stereocenters. The Hall–Kier alpha value is -1.39. The van der Waals surface area contributed by atoms with Crippen LogP contribution in [0.5, 0.6) is 0 Å². The number of fused-ring (bicyclic) bond motifs is 1. The molecule has 1 aromatic heterocycles. The van der Waals surface area contributed by atoms with Gasteiger partial charge in [-0.1, -0.05) is 6.42 Å². The lowest BCUT2D eigenvalue weighted by Gasteiger charge is -2.09. The van der Waals surface area contributed by atoms with Crippen molar-refractivity contribution in [1.82, 2.24) is 4.98 Å². The monoisotopic (exact) mass is 275 g/mol. The summed E-state index contributed by atoms with van der Waals surface area (Å²) in [7, 11) is 0. The molecule has 16 heavy (non-hydrogen) atoms. The van der Waals surface area contributed by atoms with E-state index in [2.05, 4.69) is 33.1 Å². The van der Waals surface area contributed by atoms with Crippen LogP contribution >= 0.6 is 15.9 Å². The van der Waals surface area contributed by atoms with Gasteiger partial charge in [0.25, 0.3) is 0 Å². The maximum Gasteiger partial charge on any atom is 0.125 e. The van der Waals surface area contributed by atoms with Crippen LogP contribution in [0, 0.1) is 22.7 Å². The largest absolute Gasteiger partial charge is 0.244 e. The molecule has 1 aliphatic carbocycles. The fraction of sp³-hybridized carbons (Fsp3) is 0.417. The molecule has 0 amide bonds.